The topological polar surface area (TPSA) is 20.3 Å². The third-order valence-electron chi connectivity index (χ3n) is 3.44. The maximum atomic E-state index is 12.0. The van der Waals surface area contributed by atoms with Gasteiger partial charge in [-0.15, -0.1) is 0 Å². The summed E-state index contributed by atoms with van der Waals surface area (Å²) in [6.45, 7) is 13.3. The molecule has 0 spiro atoms. The molecule has 0 aliphatic rings. The minimum atomic E-state index is 0.136. The van der Waals surface area contributed by atoms with Crippen LogP contribution in [0.4, 0.5) is 5.69 Å². The monoisotopic (exact) mass is 261 g/mol. The quantitative estimate of drug-likeness (QED) is 0.752. The van der Waals surface area contributed by atoms with Crippen molar-refractivity contribution in [1.82, 2.24) is 0 Å². The van der Waals surface area contributed by atoms with Gasteiger partial charge in [0.15, 0.2) is 0 Å². The molecule has 0 aromatic heterocycles. The fourth-order valence-electron chi connectivity index (χ4n) is 2.47. The number of carbonyl (C=O) groups is 1. The normalized spacial score (nSPS) is 11.2. The molecule has 1 aromatic carbocycles. The van der Waals surface area contributed by atoms with Gasteiger partial charge >= 0.3 is 0 Å². The molecule has 1 amide bonds. The van der Waals surface area contributed by atoms with Gasteiger partial charge in [0.2, 0.25) is 5.91 Å². The van der Waals surface area contributed by atoms with Gasteiger partial charge in [0.05, 0.1) is 5.69 Å². The Labute approximate surface area is 117 Å². The summed E-state index contributed by atoms with van der Waals surface area (Å²) in [5.74, 6) is 0.983. The van der Waals surface area contributed by atoms with E-state index in [2.05, 4.69) is 52.8 Å². The number of benzene rings is 1. The highest BCUT2D eigenvalue weighted by Crippen LogP contribution is 2.35. The Hall–Kier alpha value is -1.31. The molecule has 0 saturated carbocycles. The van der Waals surface area contributed by atoms with E-state index in [0.29, 0.717) is 11.8 Å². The molecule has 2 nitrogen and oxygen atoms in total. The molecule has 0 heterocycles. The van der Waals surface area contributed by atoms with Crippen LogP contribution < -0.4 is 4.90 Å². The molecule has 2 heteroatoms. The lowest BCUT2D eigenvalue weighted by Crippen LogP contribution is -2.31. The van der Waals surface area contributed by atoms with E-state index in [1.54, 1.807) is 6.92 Å². The molecule has 0 radical (unpaired) electrons. The summed E-state index contributed by atoms with van der Waals surface area (Å²) in [6, 6.07) is 6.41. The lowest BCUT2D eigenvalue weighted by molar-refractivity contribution is -0.116. The highest BCUT2D eigenvalue weighted by Gasteiger charge is 2.21. The SMILES string of the molecule is CCCN(C(C)=O)c1c(C(C)C)cccc1C(C)C. The van der Waals surface area contributed by atoms with E-state index >= 15 is 0 Å². The van der Waals surface area contributed by atoms with E-state index < -0.39 is 0 Å². The molecule has 0 unspecified atom stereocenters. The maximum Gasteiger partial charge on any atom is 0.223 e. The average Bonchev–Trinajstić information content (AvgIpc) is 2.34. The van der Waals surface area contributed by atoms with E-state index in [-0.39, 0.29) is 5.91 Å². The van der Waals surface area contributed by atoms with Gasteiger partial charge in [0, 0.05) is 13.5 Å². The summed E-state index contributed by atoms with van der Waals surface area (Å²) >= 11 is 0. The molecule has 1 aromatic rings. The van der Waals surface area contributed by atoms with Crippen molar-refractivity contribution in [2.75, 3.05) is 11.4 Å². The van der Waals surface area contributed by atoms with Gasteiger partial charge in [-0.05, 0) is 29.4 Å². The molecule has 0 atom stereocenters. The zero-order valence-corrected chi connectivity index (χ0v) is 13.2. The number of hydrogen-bond donors (Lipinski definition) is 0. The van der Waals surface area contributed by atoms with E-state index in [9.17, 15) is 4.79 Å². The molecule has 1 rings (SSSR count). The molecule has 0 bridgehead atoms. The van der Waals surface area contributed by atoms with Crippen LogP contribution in [0.3, 0.4) is 0 Å². The van der Waals surface area contributed by atoms with E-state index in [1.165, 1.54) is 11.1 Å². The summed E-state index contributed by atoms with van der Waals surface area (Å²) < 4.78 is 0. The molecule has 0 fully saturated rings. The van der Waals surface area contributed by atoms with Gasteiger partial charge < -0.3 is 4.90 Å². The molecule has 0 aliphatic carbocycles. The van der Waals surface area contributed by atoms with Gasteiger partial charge in [-0.1, -0.05) is 52.8 Å². The average molecular weight is 261 g/mol. The lowest BCUT2D eigenvalue weighted by atomic mass is 9.91. The minimum Gasteiger partial charge on any atom is -0.312 e. The molecular formula is C17H27NO. The summed E-state index contributed by atoms with van der Waals surface area (Å²) in [6.07, 6.45) is 0.976. The summed E-state index contributed by atoms with van der Waals surface area (Å²) in [5, 5.41) is 0. The van der Waals surface area contributed by atoms with Crippen LogP contribution in [0.25, 0.3) is 0 Å². The van der Waals surface area contributed by atoms with Crippen molar-refractivity contribution in [3.8, 4) is 0 Å². The standard InChI is InChI=1S/C17H27NO/c1-7-11-18(14(6)19)17-15(12(2)3)9-8-10-16(17)13(4)5/h8-10,12-13H,7,11H2,1-6H3. The number of hydrogen-bond acceptors (Lipinski definition) is 1. The highest BCUT2D eigenvalue weighted by atomic mass is 16.2. The third-order valence-corrected chi connectivity index (χ3v) is 3.44. The van der Waals surface area contributed by atoms with Crippen molar-refractivity contribution in [3.05, 3.63) is 29.3 Å². The molecule has 0 N–H and O–H groups in total. The number of anilines is 1. The van der Waals surface area contributed by atoms with Gasteiger partial charge in [0.1, 0.15) is 0 Å². The zero-order chi connectivity index (χ0) is 14.6. The third kappa shape index (κ3) is 3.59. The molecule has 0 aliphatic heterocycles. The molecular weight excluding hydrogens is 234 g/mol. The highest BCUT2D eigenvalue weighted by molar-refractivity contribution is 5.93. The van der Waals surface area contributed by atoms with Crippen LogP contribution in [0.2, 0.25) is 0 Å². The van der Waals surface area contributed by atoms with Gasteiger partial charge in [-0.2, -0.15) is 0 Å². The molecule has 106 valence electrons. The first kappa shape index (κ1) is 15.7. The zero-order valence-electron chi connectivity index (χ0n) is 13.2. The number of carbonyl (C=O) groups excluding carboxylic acids is 1. The van der Waals surface area contributed by atoms with Gasteiger partial charge in [0.25, 0.3) is 0 Å². The van der Waals surface area contributed by atoms with E-state index in [1.807, 2.05) is 4.90 Å². The largest absolute Gasteiger partial charge is 0.312 e. The van der Waals surface area contributed by atoms with Crippen LogP contribution in [0, 0.1) is 0 Å². The van der Waals surface area contributed by atoms with Gasteiger partial charge in [-0.3, -0.25) is 4.79 Å². The lowest BCUT2D eigenvalue weighted by Gasteiger charge is -2.29. The Kier molecular flexibility index (Phi) is 5.59. The van der Waals surface area contributed by atoms with Crippen molar-refractivity contribution in [3.63, 3.8) is 0 Å². The van der Waals surface area contributed by atoms with Crippen LogP contribution in [0.15, 0.2) is 18.2 Å². The van der Waals surface area contributed by atoms with Crippen molar-refractivity contribution in [2.45, 2.75) is 59.8 Å². The second kappa shape index (κ2) is 6.74. The predicted octanol–water partition coefficient (Wildman–Crippen LogP) is 4.70. The number of amides is 1. The first-order chi connectivity index (χ1) is 8.90. The first-order valence-electron chi connectivity index (χ1n) is 7.31. The smallest absolute Gasteiger partial charge is 0.223 e. The van der Waals surface area contributed by atoms with Crippen LogP contribution >= 0.6 is 0 Å². The Morgan fingerprint density at radius 2 is 1.58 bits per heavy atom. The van der Waals surface area contributed by atoms with Crippen LogP contribution in [-0.2, 0) is 4.79 Å². The van der Waals surface area contributed by atoms with Crippen molar-refractivity contribution < 1.29 is 4.79 Å². The Bertz CT molecular complexity index is 409. The Morgan fingerprint density at radius 3 is 1.89 bits per heavy atom. The van der Waals surface area contributed by atoms with Crippen LogP contribution in [0.1, 0.15) is 70.9 Å². The Morgan fingerprint density at radius 1 is 1.11 bits per heavy atom. The fraction of sp³-hybridized carbons (Fsp3) is 0.588. The summed E-state index contributed by atoms with van der Waals surface area (Å²) in [7, 11) is 0. The van der Waals surface area contributed by atoms with Crippen molar-refractivity contribution in [1.29, 1.82) is 0 Å². The van der Waals surface area contributed by atoms with Gasteiger partial charge in [-0.25, -0.2) is 0 Å². The van der Waals surface area contributed by atoms with Crippen molar-refractivity contribution >= 4 is 11.6 Å². The maximum absolute atomic E-state index is 12.0. The minimum absolute atomic E-state index is 0.136. The second-order valence-electron chi connectivity index (χ2n) is 5.77. The van der Waals surface area contributed by atoms with Crippen molar-refractivity contribution in [2.24, 2.45) is 0 Å². The number of nitrogens with zero attached hydrogens (tertiary/aromatic N) is 1. The first-order valence-corrected chi connectivity index (χ1v) is 7.31. The second-order valence-corrected chi connectivity index (χ2v) is 5.77. The van der Waals surface area contributed by atoms with Crippen LogP contribution in [0.5, 0.6) is 0 Å². The fourth-order valence-corrected chi connectivity index (χ4v) is 2.47. The summed E-state index contributed by atoms with van der Waals surface area (Å²) in [4.78, 5) is 14.0. The number of para-hydroxylation sites is 1. The Balaban J connectivity index is 3.45. The number of rotatable bonds is 5. The molecule has 19 heavy (non-hydrogen) atoms. The molecule has 0 saturated heterocycles. The summed E-state index contributed by atoms with van der Waals surface area (Å²) in [5.41, 5.74) is 3.69. The van der Waals surface area contributed by atoms with Crippen LogP contribution in [-0.4, -0.2) is 12.5 Å². The van der Waals surface area contributed by atoms with E-state index in [0.717, 1.165) is 18.7 Å². The predicted molar refractivity (Wildman–Crippen MR) is 82.9 cm³/mol. The van der Waals surface area contributed by atoms with E-state index in [4.69, 9.17) is 0 Å².